The van der Waals surface area contributed by atoms with Crippen molar-refractivity contribution in [2.75, 3.05) is 0 Å². The summed E-state index contributed by atoms with van der Waals surface area (Å²) in [5.74, 6) is 0. The van der Waals surface area contributed by atoms with Gasteiger partial charge in [-0.2, -0.15) is 10.2 Å². The Bertz CT molecular complexity index is 656. The van der Waals surface area contributed by atoms with Crippen LogP contribution in [0.25, 0.3) is 10.6 Å². The van der Waals surface area contributed by atoms with E-state index in [4.69, 9.17) is 0 Å². The Morgan fingerprint density at radius 1 is 1.38 bits per heavy atom. The number of hydrogen-bond acceptors (Lipinski definition) is 4. The van der Waals surface area contributed by atoms with Crippen LogP contribution < -0.4 is 5.32 Å². The summed E-state index contributed by atoms with van der Waals surface area (Å²) in [5, 5.41) is 17.2. The smallest absolute Gasteiger partial charge is 0.0794 e. The van der Waals surface area contributed by atoms with Crippen LogP contribution in [0.2, 0.25) is 0 Å². The van der Waals surface area contributed by atoms with Gasteiger partial charge in [-0.25, -0.2) is 0 Å². The van der Waals surface area contributed by atoms with Crippen LogP contribution in [0.5, 0.6) is 0 Å². The molecule has 0 aromatic carbocycles. The molecule has 110 valence electrons. The van der Waals surface area contributed by atoms with Crippen molar-refractivity contribution in [2.24, 2.45) is 0 Å². The molecule has 2 atom stereocenters. The minimum absolute atomic E-state index is 0.303. The minimum Gasteiger partial charge on any atom is -0.308 e. The van der Waals surface area contributed by atoms with E-state index in [9.17, 15) is 0 Å². The molecule has 0 aliphatic heterocycles. The topological polar surface area (TPSA) is 58.5 Å². The van der Waals surface area contributed by atoms with Crippen LogP contribution in [-0.2, 0) is 6.54 Å². The van der Waals surface area contributed by atoms with Crippen LogP contribution in [0.15, 0.2) is 42.2 Å². The first-order valence-corrected chi connectivity index (χ1v) is 7.92. The number of H-pyrrole nitrogens is 1. The molecule has 0 amide bonds. The van der Waals surface area contributed by atoms with E-state index >= 15 is 0 Å². The Hall–Kier alpha value is -1.92. The number of nitrogens with one attached hydrogen (secondary N) is 2. The Labute approximate surface area is 128 Å². The maximum absolute atomic E-state index is 4.30. The third-order valence-electron chi connectivity index (χ3n) is 3.77. The maximum Gasteiger partial charge on any atom is 0.0794 e. The molecular formula is C15H19N5S. The lowest BCUT2D eigenvalue weighted by molar-refractivity contribution is 0.365. The zero-order valence-corrected chi connectivity index (χ0v) is 13.0. The predicted octanol–water partition coefficient (Wildman–Crippen LogP) is 3.07. The first-order chi connectivity index (χ1) is 10.3. The summed E-state index contributed by atoms with van der Waals surface area (Å²) in [4.78, 5) is 1.22. The number of nitrogens with zero attached hydrogens (tertiary/aromatic N) is 3. The lowest BCUT2D eigenvalue weighted by atomic mass is 10.1. The van der Waals surface area contributed by atoms with Crippen molar-refractivity contribution in [3.8, 4) is 10.6 Å². The summed E-state index contributed by atoms with van der Waals surface area (Å²) >= 11 is 1.72. The zero-order chi connectivity index (χ0) is 14.7. The molecule has 21 heavy (non-hydrogen) atoms. The average molecular weight is 301 g/mol. The van der Waals surface area contributed by atoms with Gasteiger partial charge in [0.1, 0.15) is 0 Å². The van der Waals surface area contributed by atoms with E-state index < -0.39 is 0 Å². The Morgan fingerprint density at radius 3 is 3.00 bits per heavy atom. The summed E-state index contributed by atoms with van der Waals surface area (Å²) in [5.41, 5.74) is 2.30. The third-order valence-corrected chi connectivity index (χ3v) is 4.65. The molecule has 6 heteroatoms. The molecular weight excluding hydrogens is 282 g/mol. The van der Waals surface area contributed by atoms with Gasteiger partial charge in [-0.15, -0.1) is 11.3 Å². The van der Waals surface area contributed by atoms with Gasteiger partial charge in [0.15, 0.2) is 0 Å². The third kappa shape index (κ3) is 3.06. The van der Waals surface area contributed by atoms with Crippen LogP contribution in [0, 0.1) is 0 Å². The number of hydrogen-bond donors (Lipinski definition) is 2. The molecule has 0 radical (unpaired) electrons. The highest BCUT2D eigenvalue weighted by Gasteiger charge is 2.15. The van der Waals surface area contributed by atoms with Crippen molar-refractivity contribution in [3.63, 3.8) is 0 Å². The molecule has 2 N–H and O–H groups in total. The lowest BCUT2D eigenvalue weighted by Gasteiger charge is -2.21. The van der Waals surface area contributed by atoms with E-state index in [1.165, 1.54) is 10.4 Å². The van der Waals surface area contributed by atoms with Crippen LogP contribution in [0.1, 0.15) is 25.5 Å². The Kier molecular flexibility index (Phi) is 4.17. The summed E-state index contributed by atoms with van der Waals surface area (Å²) in [6, 6.07) is 6.74. The second-order valence-corrected chi connectivity index (χ2v) is 6.09. The van der Waals surface area contributed by atoms with Crippen molar-refractivity contribution in [3.05, 3.63) is 47.7 Å². The van der Waals surface area contributed by atoms with Gasteiger partial charge in [0, 0.05) is 30.5 Å². The summed E-state index contributed by atoms with van der Waals surface area (Å²) < 4.78 is 1.98. The Balaban J connectivity index is 1.64. The molecule has 3 rings (SSSR count). The van der Waals surface area contributed by atoms with Gasteiger partial charge in [0.2, 0.25) is 0 Å². The normalized spacial score (nSPS) is 14.2. The van der Waals surface area contributed by atoms with Gasteiger partial charge >= 0.3 is 0 Å². The van der Waals surface area contributed by atoms with E-state index in [1.807, 2.05) is 29.3 Å². The molecule has 5 nitrogen and oxygen atoms in total. The highest BCUT2D eigenvalue weighted by molar-refractivity contribution is 7.13. The van der Waals surface area contributed by atoms with Gasteiger partial charge in [-0.05, 0) is 31.4 Å². The fraction of sp³-hybridized carbons (Fsp3) is 0.333. The van der Waals surface area contributed by atoms with Crippen molar-refractivity contribution in [1.82, 2.24) is 25.3 Å². The summed E-state index contributed by atoms with van der Waals surface area (Å²) in [6.45, 7) is 5.13. The summed E-state index contributed by atoms with van der Waals surface area (Å²) in [7, 11) is 0. The SMILES string of the molecule is C[C@@H](NCc1cn[nH]c1-c1cccs1)[C@H](C)n1cccn1. The molecule has 0 spiro atoms. The van der Waals surface area contributed by atoms with Crippen LogP contribution >= 0.6 is 11.3 Å². The zero-order valence-electron chi connectivity index (χ0n) is 12.2. The number of aromatic amines is 1. The largest absolute Gasteiger partial charge is 0.308 e. The number of thiophene rings is 1. The second-order valence-electron chi connectivity index (χ2n) is 5.14. The van der Waals surface area contributed by atoms with Gasteiger partial charge in [0.25, 0.3) is 0 Å². The standard InChI is InChI=1S/C15H19N5S/c1-11(12(2)20-7-4-6-18-20)16-9-13-10-17-19-15(13)14-5-3-8-21-14/h3-8,10-12,16H,9H2,1-2H3,(H,17,19)/t11-,12+/m1/s1. The molecule has 0 aliphatic rings. The Morgan fingerprint density at radius 2 is 2.29 bits per heavy atom. The molecule has 0 fully saturated rings. The molecule has 0 aliphatic carbocycles. The van der Waals surface area contributed by atoms with Gasteiger partial charge in [0.05, 0.1) is 22.8 Å². The molecule has 0 unspecified atom stereocenters. The van der Waals surface area contributed by atoms with Crippen molar-refractivity contribution in [2.45, 2.75) is 32.5 Å². The van der Waals surface area contributed by atoms with E-state index in [2.05, 4.69) is 52.0 Å². The van der Waals surface area contributed by atoms with Gasteiger partial charge < -0.3 is 5.32 Å². The van der Waals surface area contributed by atoms with Gasteiger partial charge in [-0.1, -0.05) is 6.07 Å². The van der Waals surface area contributed by atoms with E-state index in [0.717, 1.165) is 12.2 Å². The highest BCUT2D eigenvalue weighted by atomic mass is 32.1. The maximum atomic E-state index is 4.30. The van der Waals surface area contributed by atoms with Crippen LogP contribution in [0.4, 0.5) is 0 Å². The van der Waals surface area contributed by atoms with Gasteiger partial charge in [-0.3, -0.25) is 9.78 Å². The predicted molar refractivity (Wildman–Crippen MR) is 85.1 cm³/mol. The monoisotopic (exact) mass is 301 g/mol. The van der Waals surface area contributed by atoms with E-state index in [0.29, 0.717) is 12.1 Å². The fourth-order valence-electron chi connectivity index (χ4n) is 2.27. The minimum atomic E-state index is 0.303. The number of rotatable bonds is 6. The van der Waals surface area contributed by atoms with Crippen molar-refractivity contribution >= 4 is 11.3 Å². The molecule has 3 aromatic rings. The quantitative estimate of drug-likeness (QED) is 0.735. The summed E-state index contributed by atoms with van der Waals surface area (Å²) in [6.07, 6.45) is 5.71. The van der Waals surface area contributed by atoms with Crippen molar-refractivity contribution in [1.29, 1.82) is 0 Å². The van der Waals surface area contributed by atoms with Crippen LogP contribution in [-0.4, -0.2) is 26.0 Å². The first kappa shape index (κ1) is 14.0. The van der Waals surface area contributed by atoms with Crippen LogP contribution in [0.3, 0.4) is 0 Å². The van der Waals surface area contributed by atoms with E-state index in [-0.39, 0.29) is 0 Å². The molecule has 0 saturated heterocycles. The first-order valence-electron chi connectivity index (χ1n) is 7.04. The average Bonchev–Trinajstić information content (AvgIpc) is 3.25. The molecule has 3 aromatic heterocycles. The fourth-order valence-corrected chi connectivity index (χ4v) is 3.03. The number of aromatic nitrogens is 4. The molecule has 0 bridgehead atoms. The lowest BCUT2D eigenvalue weighted by Crippen LogP contribution is -2.33. The van der Waals surface area contributed by atoms with E-state index in [1.54, 1.807) is 11.3 Å². The second kappa shape index (κ2) is 6.24. The van der Waals surface area contributed by atoms with Crippen molar-refractivity contribution < 1.29 is 0 Å². The molecule has 0 saturated carbocycles. The molecule has 3 heterocycles. The highest BCUT2D eigenvalue weighted by Crippen LogP contribution is 2.25.